The normalized spacial score (nSPS) is 11.9. The molecule has 1 atom stereocenters. The van der Waals surface area contributed by atoms with Crippen molar-refractivity contribution in [2.75, 3.05) is 6.61 Å². The highest BCUT2D eigenvalue weighted by atomic mass is 16.5. The summed E-state index contributed by atoms with van der Waals surface area (Å²) in [5.41, 5.74) is 0.973. The number of benzene rings is 1. The molecule has 2 rings (SSSR count). The molecule has 4 heteroatoms. The van der Waals surface area contributed by atoms with E-state index in [1.165, 1.54) is 0 Å². The monoisotopic (exact) mass is 287 g/mol. The van der Waals surface area contributed by atoms with E-state index in [1.807, 2.05) is 50.2 Å². The minimum Gasteiger partial charge on any atom is -0.494 e. The highest BCUT2D eigenvalue weighted by molar-refractivity contribution is 5.78. The van der Waals surface area contributed by atoms with Gasteiger partial charge in [0.25, 0.3) is 0 Å². The first-order chi connectivity index (χ1) is 10.2. The number of furan rings is 1. The molecule has 0 radical (unpaired) electrons. The van der Waals surface area contributed by atoms with Crippen molar-refractivity contribution in [1.82, 2.24) is 5.32 Å². The van der Waals surface area contributed by atoms with Gasteiger partial charge in [0, 0.05) is 12.5 Å². The molecule has 4 nitrogen and oxygen atoms in total. The highest BCUT2D eigenvalue weighted by Crippen LogP contribution is 2.12. The lowest BCUT2D eigenvalue weighted by Crippen LogP contribution is -2.35. The van der Waals surface area contributed by atoms with Gasteiger partial charge in [-0.1, -0.05) is 12.1 Å². The molecule has 112 valence electrons. The van der Waals surface area contributed by atoms with Crippen LogP contribution in [0.4, 0.5) is 0 Å². The molecule has 0 aliphatic carbocycles. The van der Waals surface area contributed by atoms with Crippen molar-refractivity contribution in [3.63, 3.8) is 0 Å². The van der Waals surface area contributed by atoms with Gasteiger partial charge in [-0.25, -0.2) is 0 Å². The molecule has 0 saturated heterocycles. The van der Waals surface area contributed by atoms with Crippen LogP contribution < -0.4 is 10.1 Å². The second-order valence-electron chi connectivity index (χ2n) is 5.01. The first-order valence-corrected chi connectivity index (χ1v) is 7.21. The van der Waals surface area contributed by atoms with E-state index in [0.717, 1.165) is 17.1 Å². The molecule has 0 spiro atoms. The van der Waals surface area contributed by atoms with Gasteiger partial charge in [-0.15, -0.1) is 0 Å². The second-order valence-corrected chi connectivity index (χ2v) is 5.01. The zero-order chi connectivity index (χ0) is 15.1. The summed E-state index contributed by atoms with van der Waals surface area (Å²) in [6, 6.07) is 11.4. The molecule has 0 fully saturated rings. The van der Waals surface area contributed by atoms with Crippen LogP contribution in [0, 0.1) is 0 Å². The molecular formula is C17H21NO3. The van der Waals surface area contributed by atoms with Crippen LogP contribution in [0.15, 0.2) is 47.1 Å². The summed E-state index contributed by atoms with van der Waals surface area (Å²) >= 11 is 0. The zero-order valence-electron chi connectivity index (χ0n) is 12.5. The molecule has 1 heterocycles. The van der Waals surface area contributed by atoms with Gasteiger partial charge in [-0.05, 0) is 43.7 Å². The maximum atomic E-state index is 12.0. The van der Waals surface area contributed by atoms with E-state index in [-0.39, 0.29) is 11.9 Å². The number of rotatable bonds is 7. The minimum absolute atomic E-state index is 0.0122. The maximum Gasteiger partial charge on any atom is 0.224 e. The third-order valence-electron chi connectivity index (χ3n) is 3.09. The molecule has 0 aliphatic rings. The first-order valence-electron chi connectivity index (χ1n) is 7.21. The summed E-state index contributed by atoms with van der Waals surface area (Å²) in [6.45, 7) is 4.56. The maximum absolute atomic E-state index is 12.0. The molecule has 0 saturated carbocycles. The van der Waals surface area contributed by atoms with Crippen LogP contribution in [0.2, 0.25) is 0 Å². The molecule has 0 bridgehead atoms. The Morgan fingerprint density at radius 1 is 1.29 bits per heavy atom. The van der Waals surface area contributed by atoms with Gasteiger partial charge >= 0.3 is 0 Å². The van der Waals surface area contributed by atoms with Crippen LogP contribution in [-0.4, -0.2) is 18.6 Å². The van der Waals surface area contributed by atoms with E-state index in [4.69, 9.17) is 9.15 Å². The first kappa shape index (κ1) is 15.2. The van der Waals surface area contributed by atoms with Crippen LogP contribution in [0.1, 0.15) is 25.2 Å². The summed E-state index contributed by atoms with van der Waals surface area (Å²) in [4.78, 5) is 12.0. The number of hydrogen-bond donors (Lipinski definition) is 1. The average molecular weight is 287 g/mol. The Morgan fingerprint density at radius 2 is 2.05 bits per heavy atom. The van der Waals surface area contributed by atoms with Crippen molar-refractivity contribution >= 4 is 5.91 Å². The molecule has 1 amide bonds. The molecule has 1 N–H and O–H groups in total. The number of amides is 1. The van der Waals surface area contributed by atoms with E-state index < -0.39 is 0 Å². The standard InChI is InChI=1S/C17H21NO3/c1-3-20-15-8-6-14(7-9-15)12-17(19)18-13(2)11-16-5-4-10-21-16/h4-10,13H,3,11-12H2,1-2H3,(H,18,19). The predicted molar refractivity (Wildman–Crippen MR) is 81.3 cm³/mol. The lowest BCUT2D eigenvalue weighted by molar-refractivity contribution is -0.121. The van der Waals surface area contributed by atoms with Crippen molar-refractivity contribution in [3.05, 3.63) is 54.0 Å². The smallest absolute Gasteiger partial charge is 0.224 e. The van der Waals surface area contributed by atoms with Crippen molar-refractivity contribution in [1.29, 1.82) is 0 Å². The van der Waals surface area contributed by atoms with Gasteiger partial charge in [0.15, 0.2) is 0 Å². The van der Waals surface area contributed by atoms with E-state index >= 15 is 0 Å². The number of carbonyl (C=O) groups excluding carboxylic acids is 1. The van der Waals surface area contributed by atoms with E-state index in [0.29, 0.717) is 19.4 Å². The number of carbonyl (C=O) groups is 1. The predicted octanol–water partition coefficient (Wildman–Crippen LogP) is 2.97. The van der Waals surface area contributed by atoms with Crippen LogP contribution in [0.5, 0.6) is 5.75 Å². The summed E-state index contributed by atoms with van der Waals surface area (Å²) in [5.74, 6) is 1.72. The van der Waals surface area contributed by atoms with Gasteiger partial charge in [-0.2, -0.15) is 0 Å². The Hall–Kier alpha value is -2.23. The molecule has 1 aromatic carbocycles. The zero-order valence-corrected chi connectivity index (χ0v) is 12.5. The van der Waals surface area contributed by atoms with Gasteiger partial charge in [0.2, 0.25) is 5.91 Å². The highest BCUT2D eigenvalue weighted by Gasteiger charge is 2.10. The lowest BCUT2D eigenvalue weighted by atomic mass is 10.1. The fourth-order valence-corrected chi connectivity index (χ4v) is 2.16. The third kappa shape index (κ3) is 4.99. The fraction of sp³-hybridized carbons (Fsp3) is 0.353. The summed E-state index contributed by atoms with van der Waals surface area (Å²) in [7, 11) is 0. The van der Waals surface area contributed by atoms with Crippen LogP contribution in [0.3, 0.4) is 0 Å². The molecule has 21 heavy (non-hydrogen) atoms. The summed E-state index contributed by atoms with van der Waals surface area (Å²) in [5, 5.41) is 2.98. The van der Waals surface area contributed by atoms with E-state index in [9.17, 15) is 4.79 Å². The molecule has 0 aliphatic heterocycles. The quantitative estimate of drug-likeness (QED) is 0.851. The Bertz CT molecular complexity index is 546. The number of nitrogens with one attached hydrogen (secondary N) is 1. The van der Waals surface area contributed by atoms with Crippen molar-refractivity contribution < 1.29 is 13.9 Å². The Balaban J connectivity index is 1.80. The molecular weight excluding hydrogens is 266 g/mol. The minimum atomic E-state index is 0.0122. The van der Waals surface area contributed by atoms with Gasteiger partial charge in [0.05, 0.1) is 19.3 Å². The Kier molecular flexibility index (Phi) is 5.43. The largest absolute Gasteiger partial charge is 0.494 e. The topological polar surface area (TPSA) is 51.5 Å². The average Bonchev–Trinajstić information content (AvgIpc) is 2.93. The van der Waals surface area contributed by atoms with Gasteiger partial charge in [0.1, 0.15) is 11.5 Å². The third-order valence-corrected chi connectivity index (χ3v) is 3.09. The molecule has 2 aromatic rings. The SMILES string of the molecule is CCOc1ccc(CC(=O)NC(C)Cc2ccco2)cc1. The van der Waals surface area contributed by atoms with Crippen LogP contribution in [0.25, 0.3) is 0 Å². The summed E-state index contributed by atoms with van der Waals surface area (Å²) in [6.07, 6.45) is 2.71. The van der Waals surface area contributed by atoms with Crippen molar-refractivity contribution in [2.24, 2.45) is 0 Å². The molecule has 1 unspecified atom stereocenters. The van der Waals surface area contributed by atoms with E-state index in [2.05, 4.69) is 5.32 Å². The van der Waals surface area contributed by atoms with E-state index in [1.54, 1.807) is 6.26 Å². The fourth-order valence-electron chi connectivity index (χ4n) is 2.16. The lowest BCUT2D eigenvalue weighted by Gasteiger charge is -2.12. The Labute approximate surface area is 125 Å². The van der Waals surface area contributed by atoms with Crippen molar-refractivity contribution in [3.8, 4) is 5.75 Å². The Morgan fingerprint density at radius 3 is 2.67 bits per heavy atom. The number of hydrogen-bond acceptors (Lipinski definition) is 3. The number of ether oxygens (including phenoxy) is 1. The van der Waals surface area contributed by atoms with Crippen molar-refractivity contribution in [2.45, 2.75) is 32.7 Å². The van der Waals surface area contributed by atoms with Crippen LogP contribution in [-0.2, 0) is 17.6 Å². The summed E-state index contributed by atoms with van der Waals surface area (Å²) < 4.78 is 10.7. The van der Waals surface area contributed by atoms with Gasteiger partial charge in [-0.3, -0.25) is 4.79 Å². The van der Waals surface area contributed by atoms with Gasteiger partial charge < -0.3 is 14.5 Å². The second kappa shape index (κ2) is 7.53. The molecule has 1 aromatic heterocycles. The van der Waals surface area contributed by atoms with Crippen LogP contribution >= 0.6 is 0 Å².